The third kappa shape index (κ3) is 3.01. The summed E-state index contributed by atoms with van der Waals surface area (Å²) in [5.41, 5.74) is 3.70. The molecule has 0 radical (unpaired) electrons. The van der Waals surface area contributed by atoms with Gasteiger partial charge in [0.25, 0.3) is 0 Å². The number of fused-ring (bicyclic) bond motifs is 1. The van der Waals surface area contributed by atoms with Crippen LogP contribution in [0.25, 0.3) is 0 Å². The number of rotatable bonds is 2. The van der Waals surface area contributed by atoms with E-state index in [9.17, 15) is 4.79 Å². The third-order valence-corrected chi connectivity index (χ3v) is 5.21. The molecule has 1 atom stereocenters. The number of anilines is 1. The van der Waals surface area contributed by atoms with E-state index in [0.717, 1.165) is 43.1 Å². The van der Waals surface area contributed by atoms with Crippen molar-refractivity contribution in [1.29, 1.82) is 0 Å². The van der Waals surface area contributed by atoms with Crippen molar-refractivity contribution in [3.8, 4) is 0 Å². The lowest BCUT2D eigenvalue weighted by Gasteiger charge is -2.32. The predicted molar refractivity (Wildman–Crippen MR) is 85.6 cm³/mol. The summed E-state index contributed by atoms with van der Waals surface area (Å²) in [7, 11) is 0. The number of hydrogen-bond acceptors (Lipinski definition) is 3. The number of nitrogens with one attached hydrogen (secondary N) is 1. The summed E-state index contributed by atoms with van der Waals surface area (Å²) >= 11 is 1.95. The Kier molecular flexibility index (Phi) is 4.32. The first-order valence-corrected chi connectivity index (χ1v) is 8.60. The molecule has 1 amide bonds. The maximum atomic E-state index is 12.6. The summed E-state index contributed by atoms with van der Waals surface area (Å²) in [6.07, 6.45) is 2.80. The summed E-state index contributed by atoms with van der Waals surface area (Å²) in [4.78, 5) is 14.6. The molecule has 108 valence electrons. The molecule has 3 nitrogen and oxygen atoms in total. The summed E-state index contributed by atoms with van der Waals surface area (Å²) in [6, 6.07) is 6.83. The van der Waals surface area contributed by atoms with Gasteiger partial charge >= 0.3 is 0 Å². The molecule has 1 aromatic rings. The molecular weight excluding hydrogens is 268 g/mol. The van der Waals surface area contributed by atoms with Crippen LogP contribution in [0.2, 0.25) is 0 Å². The first kappa shape index (κ1) is 14.0. The Morgan fingerprint density at radius 1 is 1.50 bits per heavy atom. The van der Waals surface area contributed by atoms with E-state index >= 15 is 0 Å². The largest absolute Gasteiger partial charge is 0.312 e. The number of thioether (sulfide) groups is 1. The third-order valence-electron chi connectivity index (χ3n) is 4.08. The smallest absolute Gasteiger partial charge is 0.228 e. The van der Waals surface area contributed by atoms with Gasteiger partial charge in [0.2, 0.25) is 5.91 Å². The number of amides is 1. The zero-order valence-electron chi connectivity index (χ0n) is 12.0. The zero-order valence-corrected chi connectivity index (χ0v) is 12.8. The van der Waals surface area contributed by atoms with E-state index in [0.29, 0.717) is 12.5 Å². The van der Waals surface area contributed by atoms with Crippen LogP contribution >= 0.6 is 11.8 Å². The molecule has 1 N–H and O–H groups in total. The van der Waals surface area contributed by atoms with E-state index in [1.54, 1.807) is 0 Å². The van der Waals surface area contributed by atoms with Gasteiger partial charge < -0.3 is 10.2 Å². The molecule has 4 heteroatoms. The number of carbonyl (C=O) groups is 1. The molecule has 1 saturated heterocycles. The molecule has 0 saturated carbocycles. The Bertz CT molecular complexity index is 497. The Morgan fingerprint density at radius 2 is 2.40 bits per heavy atom. The molecule has 2 aliphatic heterocycles. The van der Waals surface area contributed by atoms with Crippen molar-refractivity contribution in [2.24, 2.45) is 0 Å². The average molecular weight is 290 g/mol. The van der Waals surface area contributed by atoms with E-state index in [1.807, 2.05) is 16.7 Å². The fourth-order valence-corrected chi connectivity index (χ4v) is 3.96. The summed E-state index contributed by atoms with van der Waals surface area (Å²) in [5, 5.41) is 3.46. The Morgan fingerprint density at radius 3 is 3.20 bits per heavy atom. The zero-order chi connectivity index (χ0) is 13.9. The minimum absolute atomic E-state index is 0.275. The molecular formula is C16H22N2OS. The summed E-state index contributed by atoms with van der Waals surface area (Å²) in [6.45, 7) is 3.99. The van der Waals surface area contributed by atoms with Gasteiger partial charge in [0, 0.05) is 42.7 Å². The van der Waals surface area contributed by atoms with Gasteiger partial charge in [-0.25, -0.2) is 0 Å². The first-order valence-electron chi connectivity index (χ1n) is 7.45. The van der Waals surface area contributed by atoms with E-state index in [1.165, 1.54) is 11.1 Å². The molecule has 0 aromatic heterocycles. The minimum atomic E-state index is 0.275. The van der Waals surface area contributed by atoms with E-state index in [-0.39, 0.29) is 5.91 Å². The molecule has 2 heterocycles. The summed E-state index contributed by atoms with van der Waals surface area (Å²) in [5.74, 6) is 2.49. The standard InChI is InChI=1S/C16H22N2OS/c1-12-4-5-13-3-2-7-18(15(13)9-12)16(19)10-14-11-20-8-6-17-14/h4-5,9,14,17H,2-3,6-8,10-11H2,1H3. The maximum absolute atomic E-state index is 12.6. The normalized spacial score (nSPS) is 22.4. The lowest BCUT2D eigenvalue weighted by atomic mass is 9.99. The SMILES string of the molecule is Cc1ccc2c(c1)N(C(=O)CC1CSCCN1)CCC2. The van der Waals surface area contributed by atoms with Gasteiger partial charge in [0.05, 0.1) is 0 Å². The molecule has 1 unspecified atom stereocenters. The predicted octanol–water partition coefficient (Wildman–Crippen LogP) is 2.37. The van der Waals surface area contributed by atoms with Crippen molar-refractivity contribution < 1.29 is 4.79 Å². The van der Waals surface area contributed by atoms with Crippen LogP contribution in [-0.2, 0) is 11.2 Å². The molecule has 2 aliphatic rings. The second-order valence-corrected chi connectivity index (χ2v) is 6.86. The topological polar surface area (TPSA) is 32.3 Å². The van der Waals surface area contributed by atoms with Crippen molar-refractivity contribution in [1.82, 2.24) is 5.32 Å². The second-order valence-electron chi connectivity index (χ2n) is 5.71. The Hall–Kier alpha value is -1.000. The highest BCUT2D eigenvalue weighted by Gasteiger charge is 2.25. The second kappa shape index (κ2) is 6.19. The fraction of sp³-hybridized carbons (Fsp3) is 0.562. The van der Waals surface area contributed by atoms with Gasteiger partial charge in [-0.1, -0.05) is 12.1 Å². The maximum Gasteiger partial charge on any atom is 0.228 e. The Balaban J connectivity index is 1.74. The molecule has 0 aliphatic carbocycles. The minimum Gasteiger partial charge on any atom is -0.312 e. The highest BCUT2D eigenvalue weighted by Crippen LogP contribution is 2.29. The molecule has 20 heavy (non-hydrogen) atoms. The van der Waals surface area contributed by atoms with Crippen molar-refractivity contribution in [2.45, 2.75) is 32.2 Å². The van der Waals surface area contributed by atoms with E-state index < -0.39 is 0 Å². The quantitative estimate of drug-likeness (QED) is 0.907. The molecule has 1 aromatic carbocycles. The highest BCUT2D eigenvalue weighted by atomic mass is 32.2. The van der Waals surface area contributed by atoms with Gasteiger partial charge in [-0.15, -0.1) is 0 Å². The molecule has 1 fully saturated rings. The van der Waals surface area contributed by atoms with Gasteiger partial charge in [-0.2, -0.15) is 11.8 Å². The van der Waals surface area contributed by atoms with Crippen LogP contribution in [0.15, 0.2) is 18.2 Å². The van der Waals surface area contributed by atoms with E-state index in [4.69, 9.17) is 0 Å². The van der Waals surface area contributed by atoms with Crippen LogP contribution in [0.5, 0.6) is 0 Å². The van der Waals surface area contributed by atoms with Crippen molar-refractivity contribution in [2.75, 3.05) is 29.5 Å². The van der Waals surface area contributed by atoms with Gasteiger partial charge in [0.15, 0.2) is 0 Å². The lowest BCUT2D eigenvalue weighted by molar-refractivity contribution is -0.119. The molecule has 0 spiro atoms. The number of carbonyl (C=O) groups excluding carboxylic acids is 1. The van der Waals surface area contributed by atoms with Crippen molar-refractivity contribution in [3.05, 3.63) is 29.3 Å². The molecule has 0 bridgehead atoms. The van der Waals surface area contributed by atoms with Crippen LogP contribution < -0.4 is 10.2 Å². The van der Waals surface area contributed by atoms with Crippen LogP contribution in [-0.4, -0.2) is 36.5 Å². The highest BCUT2D eigenvalue weighted by molar-refractivity contribution is 7.99. The van der Waals surface area contributed by atoms with Crippen molar-refractivity contribution >= 4 is 23.4 Å². The number of nitrogens with zero attached hydrogens (tertiary/aromatic N) is 1. The average Bonchev–Trinajstić information content (AvgIpc) is 2.47. The van der Waals surface area contributed by atoms with Crippen LogP contribution in [0.1, 0.15) is 24.0 Å². The summed E-state index contributed by atoms with van der Waals surface area (Å²) < 4.78 is 0. The number of aryl methyl sites for hydroxylation is 2. The lowest BCUT2D eigenvalue weighted by Crippen LogP contribution is -2.44. The van der Waals surface area contributed by atoms with Crippen LogP contribution in [0.3, 0.4) is 0 Å². The Labute approximate surface area is 125 Å². The first-order chi connectivity index (χ1) is 9.74. The molecule has 3 rings (SSSR count). The van der Waals surface area contributed by atoms with Crippen LogP contribution in [0.4, 0.5) is 5.69 Å². The van der Waals surface area contributed by atoms with Gasteiger partial charge in [0.1, 0.15) is 0 Å². The van der Waals surface area contributed by atoms with Gasteiger partial charge in [-0.05, 0) is 37.0 Å². The number of hydrogen-bond donors (Lipinski definition) is 1. The van der Waals surface area contributed by atoms with Crippen molar-refractivity contribution in [3.63, 3.8) is 0 Å². The number of benzene rings is 1. The monoisotopic (exact) mass is 290 g/mol. The van der Waals surface area contributed by atoms with E-state index in [2.05, 4.69) is 30.4 Å². The van der Waals surface area contributed by atoms with Crippen LogP contribution in [0, 0.1) is 6.92 Å². The fourth-order valence-electron chi connectivity index (χ4n) is 3.02. The van der Waals surface area contributed by atoms with Gasteiger partial charge in [-0.3, -0.25) is 4.79 Å².